The fourth-order valence-electron chi connectivity index (χ4n) is 1.71. The average Bonchev–Trinajstić information content (AvgIpc) is 2.78. The molecular weight excluding hydrogens is 310 g/mol. The molecule has 96 valence electrons. The fourth-order valence-corrected chi connectivity index (χ4v) is 3.13. The smallest absolute Gasteiger partial charge is 0.123 e. The normalized spacial score (nSPS) is 10.6. The molecule has 0 fully saturated rings. The van der Waals surface area contributed by atoms with E-state index in [0.717, 1.165) is 23.3 Å². The summed E-state index contributed by atoms with van der Waals surface area (Å²) in [5.41, 5.74) is 1.20. The summed E-state index contributed by atoms with van der Waals surface area (Å²) in [6.45, 7) is 4.42. The molecule has 1 N–H and O–H groups in total. The number of nitrogens with one attached hydrogen (secondary N) is 1. The molecule has 1 heterocycles. The SMILES string of the molecule is CCOc1ccccc1CNCc1cc(Br)cs1. The molecule has 0 amide bonds. The lowest BCUT2D eigenvalue weighted by atomic mass is 10.2. The third kappa shape index (κ3) is 3.83. The van der Waals surface area contributed by atoms with Crippen LogP contribution in [0.15, 0.2) is 40.2 Å². The molecule has 2 aromatic rings. The van der Waals surface area contributed by atoms with E-state index >= 15 is 0 Å². The van der Waals surface area contributed by atoms with Gasteiger partial charge >= 0.3 is 0 Å². The zero-order valence-electron chi connectivity index (χ0n) is 10.3. The third-order valence-electron chi connectivity index (χ3n) is 2.51. The Kier molecular flexibility index (Phi) is 5.23. The van der Waals surface area contributed by atoms with Gasteiger partial charge in [-0.05, 0) is 35.0 Å². The van der Waals surface area contributed by atoms with E-state index in [4.69, 9.17) is 4.74 Å². The van der Waals surface area contributed by atoms with E-state index in [0.29, 0.717) is 6.61 Å². The molecule has 0 radical (unpaired) electrons. The Hall–Kier alpha value is -0.840. The molecule has 0 saturated carbocycles. The maximum atomic E-state index is 5.60. The second-order valence-electron chi connectivity index (χ2n) is 3.88. The Labute approximate surface area is 120 Å². The summed E-state index contributed by atoms with van der Waals surface area (Å²) in [5, 5.41) is 5.54. The number of para-hydroxylation sites is 1. The monoisotopic (exact) mass is 325 g/mol. The van der Waals surface area contributed by atoms with Crippen LogP contribution in [0, 0.1) is 0 Å². The lowest BCUT2D eigenvalue weighted by Crippen LogP contribution is -2.12. The van der Waals surface area contributed by atoms with Gasteiger partial charge in [0.2, 0.25) is 0 Å². The predicted octanol–water partition coefficient (Wildman–Crippen LogP) is 4.20. The van der Waals surface area contributed by atoms with Crippen LogP contribution >= 0.6 is 27.3 Å². The van der Waals surface area contributed by atoms with Gasteiger partial charge in [-0.3, -0.25) is 0 Å². The van der Waals surface area contributed by atoms with Crippen LogP contribution in [0.3, 0.4) is 0 Å². The first-order chi connectivity index (χ1) is 8.79. The summed E-state index contributed by atoms with van der Waals surface area (Å²) >= 11 is 5.22. The number of rotatable bonds is 6. The van der Waals surface area contributed by atoms with E-state index in [1.54, 1.807) is 11.3 Å². The van der Waals surface area contributed by atoms with Gasteiger partial charge in [0.1, 0.15) is 5.75 Å². The van der Waals surface area contributed by atoms with E-state index in [2.05, 4.69) is 38.8 Å². The highest BCUT2D eigenvalue weighted by molar-refractivity contribution is 9.10. The molecule has 0 atom stereocenters. The summed E-state index contributed by atoms with van der Waals surface area (Å²) in [6, 6.07) is 10.3. The molecule has 18 heavy (non-hydrogen) atoms. The molecule has 4 heteroatoms. The summed E-state index contributed by atoms with van der Waals surface area (Å²) in [5.74, 6) is 0.972. The second-order valence-corrected chi connectivity index (χ2v) is 5.79. The number of thiophene rings is 1. The van der Waals surface area contributed by atoms with Crippen LogP contribution in [0.25, 0.3) is 0 Å². The minimum atomic E-state index is 0.703. The Balaban J connectivity index is 1.89. The van der Waals surface area contributed by atoms with Crippen molar-refractivity contribution in [3.8, 4) is 5.75 Å². The largest absolute Gasteiger partial charge is 0.494 e. The number of benzene rings is 1. The topological polar surface area (TPSA) is 21.3 Å². The number of halogens is 1. The predicted molar refractivity (Wildman–Crippen MR) is 80.2 cm³/mol. The summed E-state index contributed by atoms with van der Waals surface area (Å²) in [7, 11) is 0. The van der Waals surface area contributed by atoms with Gasteiger partial charge in [0.25, 0.3) is 0 Å². The number of hydrogen-bond donors (Lipinski definition) is 1. The van der Waals surface area contributed by atoms with E-state index in [9.17, 15) is 0 Å². The quantitative estimate of drug-likeness (QED) is 0.859. The zero-order valence-corrected chi connectivity index (χ0v) is 12.7. The second kappa shape index (κ2) is 6.92. The van der Waals surface area contributed by atoms with Crippen LogP contribution in [0.4, 0.5) is 0 Å². The molecule has 0 unspecified atom stereocenters. The lowest BCUT2D eigenvalue weighted by molar-refractivity contribution is 0.335. The Morgan fingerprint density at radius 3 is 2.83 bits per heavy atom. The van der Waals surface area contributed by atoms with Gasteiger partial charge in [-0.25, -0.2) is 0 Å². The fraction of sp³-hybridized carbons (Fsp3) is 0.286. The Bertz CT molecular complexity index is 498. The number of hydrogen-bond acceptors (Lipinski definition) is 3. The van der Waals surface area contributed by atoms with E-state index < -0.39 is 0 Å². The average molecular weight is 326 g/mol. The van der Waals surface area contributed by atoms with E-state index in [1.807, 2.05) is 25.1 Å². The highest BCUT2D eigenvalue weighted by atomic mass is 79.9. The van der Waals surface area contributed by atoms with Crippen LogP contribution in [0.2, 0.25) is 0 Å². The van der Waals surface area contributed by atoms with Crippen molar-refractivity contribution in [1.29, 1.82) is 0 Å². The molecule has 0 bridgehead atoms. The van der Waals surface area contributed by atoms with Gasteiger partial charge in [0.15, 0.2) is 0 Å². The van der Waals surface area contributed by atoms with E-state index in [-0.39, 0.29) is 0 Å². The van der Waals surface area contributed by atoms with Gasteiger partial charge < -0.3 is 10.1 Å². The van der Waals surface area contributed by atoms with Crippen molar-refractivity contribution >= 4 is 27.3 Å². The molecule has 2 rings (SSSR count). The molecule has 0 aliphatic heterocycles. The molecule has 1 aromatic carbocycles. The Morgan fingerprint density at radius 2 is 2.11 bits per heavy atom. The van der Waals surface area contributed by atoms with Crippen molar-refractivity contribution in [3.05, 3.63) is 50.6 Å². The van der Waals surface area contributed by atoms with Crippen molar-refractivity contribution in [2.45, 2.75) is 20.0 Å². The van der Waals surface area contributed by atoms with Gasteiger partial charge in [-0.1, -0.05) is 18.2 Å². The van der Waals surface area contributed by atoms with Crippen molar-refractivity contribution in [1.82, 2.24) is 5.32 Å². The molecule has 0 aliphatic rings. The summed E-state index contributed by atoms with van der Waals surface area (Å²) in [6.07, 6.45) is 0. The van der Waals surface area contributed by atoms with Crippen molar-refractivity contribution < 1.29 is 4.74 Å². The highest BCUT2D eigenvalue weighted by Gasteiger charge is 2.02. The van der Waals surface area contributed by atoms with Crippen LogP contribution in [-0.2, 0) is 13.1 Å². The van der Waals surface area contributed by atoms with Gasteiger partial charge in [0, 0.05) is 33.4 Å². The molecule has 0 saturated heterocycles. The maximum Gasteiger partial charge on any atom is 0.123 e. The van der Waals surface area contributed by atoms with Gasteiger partial charge in [-0.15, -0.1) is 11.3 Å². The minimum Gasteiger partial charge on any atom is -0.494 e. The van der Waals surface area contributed by atoms with Crippen LogP contribution < -0.4 is 10.1 Å². The minimum absolute atomic E-state index is 0.703. The van der Waals surface area contributed by atoms with Crippen LogP contribution in [0.1, 0.15) is 17.4 Å². The molecule has 0 spiro atoms. The highest BCUT2D eigenvalue weighted by Crippen LogP contribution is 2.20. The van der Waals surface area contributed by atoms with Crippen molar-refractivity contribution in [2.75, 3.05) is 6.61 Å². The standard InChI is InChI=1S/C14H16BrNOS/c1-2-17-14-6-4-3-5-11(14)8-16-9-13-7-12(15)10-18-13/h3-7,10,16H,2,8-9H2,1H3. The summed E-state index contributed by atoms with van der Waals surface area (Å²) < 4.78 is 6.75. The number of ether oxygens (including phenoxy) is 1. The van der Waals surface area contributed by atoms with Crippen molar-refractivity contribution in [2.24, 2.45) is 0 Å². The first-order valence-electron chi connectivity index (χ1n) is 5.94. The van der Waals surface area contributed by atoms with Crippen LogP contribution in [0.5, 0.6) is 5.75 Å². The molecule has 1 aromatic heterocycles. The third-order valence-corrected chi connectivity index (χ3v) is 4.21. The zero-order chi connectivity index (χ0) is 12.8. The molecule has 2 nitrogen and oxygen atoms in total. The summed E-state index contributed by atoms with van der Waals surface area (Å²) in [4.78, 5) is 1.33. The van der Waals surface area contributed by atoms with Gasteiger partial charge in [-0.2, -0.15) is 0 Å². The lowest BCUT2D eigenvalue weighted by Gasteiger charge is -2.10. The Morgan fingerprint density at radius 1 is 1.28 bits per heavy atom. The first kappa shape index (κ1) is 13.6. The molecule has 0 aliphatic carbocycles. The van der Waals surface area contributed by atoms with E-state index in [1.165, 1.54) is 10.4 Å². The van der Waals surface area contributed by atoms with Crippen LogP contribution in [-0.4, -0.2) is 6.61 Å². The maximum absolute atomic E-state index is 5.60. The first-order valence-corrected chi connectivity index (χ1v) is 7.61. The van der Waals surface area contributed by atoms with Gasteiger partial charge in [0.05, 0.1) is 6.61 Å². The molecular formula is C14H16BrNOS. The van der Waals surface area contributed by atoms with Crippen molar-refractivity contribution in [3.63, 3.8) is 0 Å².